The van der Waals surface area contributed by atoms with Crippen LogP contribution < -0.4 is 5.32 Å². The maximum atomic E-state index is 12.9. The molecule has 4 aromatic rings. The molecule has 4 rings (SSSR count). The van der Waals surface area contributed by atoms with Crippen molar-refractivity contribution in [1.29, 1.82) is 0 Å². The average molecular weight is 540 g/mol. The molecule has 36 heavy (non-hydrogen) atoms. The molecule has 1 heterocycles. The number of aromatic nitrogens is 3. The topological polar surface area (TPSA) is 59.8 Å². The van der Waals surface area contributed by atoms with Gasteiger partial charge in [-0.1, -0.05) is 84.7 Å². The van der Waals surface area contributed by atoms with Crippen molar-refractivity contribution in [3.05, 3.63) is 86.9 Å². The normalized spacial score (nSPS) is 11.2. The standard InChI is InChI=1S/C28H28Cl2N4OS/c1-16(2)21-8-6-7-9-24(21)34-27(22-11-10-20(29)14-23(22)30)32-33-28(34)36-15-25(35)31-26-18(4)12-17(3)13-19(26)5/h6-14,16H,15H2,1-5H3,(H,31,35). The zero-order valence-electron chi connectivity index (χ0n) is 20.9. The van der Waals surface area contributed by atoms with Gasteiger partial charge in [-0.25, -0.2) is 0 Å². The van der Waals surface area contributed by atoms with E-state index in [1.807, 2.05) is 49.6 Å². The van der Waals surface area contributed by atoms with Gasteiger partial charge in [0.05, 0.1) is 16.5 Å². The lowest BCUT2D eigenvalue weighted by Gasteiger charge is -2.17. The zero-order chi connectivity index (χ0) is 26.0. The largest absolute Gasteiger partial charge is 0.325 e. The Labute approximate surface area is 226 Å². The molecule has 0 aliphatic carbocycles. The third-order valence-electron chi connectivity index (χ3n) is 5.88. The predicted molar refractivity (Wildman–Crippen MR) is 151 cm³/mol. The molecule has 1 amide bonds. The summed E-state index contributed by atoms with van der Waals surface area (Å²) in [5.74, 6) is 0.944. The Morgan fingerprint density at radius 1 is 1.00 bits per heavy atom. The number of benzene rings is 3. The summed E-state index contributed by atoms with van der Waals surface area (Å²) < 4.78 is 1.98. The van der Waals surface area contributed by atoms with E-state index in [0.717, 1.165) is 28.1 Å². The van der Waals surface area contributed by atoms with E-state index in [-0.39, 0.29) is 17.6 Å². The van der Waals surface area contributed by atoms with Crippen LogP contribution in [0.15, 0.2) is 59.8 Å². The summed E-state index contributed by atoms with van der Waals surface area (Å²) >= 11 is 14.0. The van der Waals surface area contributed by atoms with Crippen LogP contribution in [0.25, 0.3) is 17.1 Å². The van der Waals surface area contributed by atoms with Crippen molar-refractivity contribution in [3.63, 3.8) is 0 Å². The fourth-order valence-corrected chi connectivity index (χ4v) is 5.53. The number of rotatable bonds is 7. The quantitative estimate of drug-likeness (QED) is 0.242. The first-order valence-electron chi connectivity index (χ1n) is 11.7. The number of amides is 1. The van der Waals surface area contributed by atoms with Gasteiger partial charge in [0.15, 0.2) is 11.0 Å². The van der Waals surface area contributed by atoms with E-state index in [4.69, 9.17) is 23.2 Å². The van der Waals surface area contributed by atoms with Crippen LogP contribution in [-0.4, -0.2) is 26.4 Å². The zero-order valence-corrected chi connectivity index (χ0v) is 23.2. The fourth-order valence-electron chi connectivity index (χ4n) is 4.29. The Morgan fingerprint density at radius 2 is 1.69 bits per heavy atom. The molecule has 0 fully saturated rings. The number of nitrogens with zero attached hydrogens (tertiary/aromatic N) is 3. The van der Waals surface area contributed by atoms with E-state index < -0.39 is 0 Å². The van der Waals surface area contributed by atoms with Crippen molar-refractivity contribution in [2.45, 2.75) is 45.7 Å². The first-order chi connectivity index (χ1) is 17.2. The second-order valence-corrected chi connectivity index (χ2v) is 10.9. The molecule has 1 aromatic heterocycles. The molecule has 5 nitrogen and oxygen atoms in total. The molecule has 8 heteroatoms. The molecular formula is C28H28Cl2N4OS. The smallest absolute Gasteiger partial charge is 0.234 e. The molecular weight excluding hydrogens is 511 g/mol. The van der Waals surface area contributed by atoms with Gasteiger partial charge in [-0.15, -0.1) is 10.2 Å². The van der Waals surface area contributed by atoms with Gasteiger partial charge in [-0.05, 0) is 67.6 Å². The monoisotopic (exact) mass is 538 g/mol. The number of nitrogens with one attached hydrogen (secondary N) is 1. The minimum Gasteiger partial charge on any atom is -0.325 e. The molecule has 0 aliphatic heterocycles. The summed E-state index contributed by atoms with van der Waals surface area (Å²) in [4.78, 5) is 12.9. The van der Waals surface area contributed by atoms with Gasteiger partial charge in [0.1, 0.15) is 0 Å². The molecule has 186 valence electrons. The van der Waals surface area contributed by atoms with Crippen LogP contribution in [0.4, 0.5) is 5.69 Å². The summed E-state index contributed by atoms with van der Waals surface area (Å²) in [7, 11) is 0. The molecule has 0 saturated carbocycles. The van der Waals surface area contributed by atoms with Crippen molar-refractivity contribution in [1.82, 2.24) is 14.8 Å². The first kappa shape index (κ1) is 26.3. The lowest BCUT2D eigenvalue weighted by molar-refractivity contribution is -0.113. The molecule has 1 N–H and O–H groups in total. The first-order valence-corrected chi connectivity index (χ1v) is 13.4. The molecule has 0 spiro atoms. The summed E-state index contributed by atoms with van der Waals surface area (Å²) in [6.07, 6.45) is 0. The molecule has 0 bridgehead atoms. The van der Waals surface area contributed by atoms with Crippen molar-refractivity contribution in [2.24, 2.45) is 0 Å². The van der Waals surface area contributed by atoms with Crippen LogP contribution in [-0.2, 0) is 4.79 Å². The highest BCUT2D eigenvalue weighted by molar-refractivity contribution is 7.99. The number of para-hydroxylation sites is 1. The van der Waals surface area contributed by atoms with Crippen molar-refractivity contribution < 1.29 is 4.79 Å². The van der Waals surface area contributed by atoms with Crippen molar-refractivity contribution >= 4 is 46.6 Å². The van der Waals surface area contributed by atoms with E-state index in [1.54, 1.807) is 12.1 Å². The number of carbonyl (C=O) groups is 1. The minimum absolute atomic E-state index is 0.104. The molecule has 3 aromatic carbocycles. The summed E-state index contributed by atoms with van der Waals surface area (Å²) in [5, 5.41) is 13.7. The fraction of sp³-hybridized carbons (Fsp3) is 0.250. The van der Waals surface area contributed by atoms with Crippen LogP contribution in [0.5, 0.6) is 0 Å². The summed E-state index contributed by atoms with van der Waals surface area (Å²) in [5.41, 5.74) is 6.91. The molecule has 0 unspecified atom stereocenters. The van der Waals surface area contributed by atoms with Crippen LogP contribution in [0.1, 0.15) is 42.0 Å². The van der Waals surface area contributed by atoms with Gasteiger partial charge in [-0.3, -0.25) is 9.36 Å². The Kier molecular flexibility index (Phi) is 8.08. The van der Waals surface area contributed by atoms with Crippen LogP contribution in [0.2, 0.25) is 10.0 Å². The number of hydrogen-bond donors (Lipinski definition) is 1. The van der Waals surface area contributed by atoms with Gasteiger partial charge in [0, 0.05) is 16.3 Å². The molecule has 0 saturated heterocycles. The Bertz CT molecular complexity index is 1410. The Hall–Kier alpha value is -2.80. The van der Waals surface area contributed by atoms with Gasteiger partial charge >= 0.3 is 0 Å². The molecule has 0 aliphatic rings. The van der Waals surface area contributed by atoms with E-state index >= 15 is 0 Å². The van der Waals surface area contributed by atoms with Crippen LogP contribution >= 0.6 is 35.0 Å². The van der Waals surface area contributed by atoms with E-state index in [2.05, 4.69) is 47.6 Å². The maximum absolute atomic E-state index is 12.9. The Balaban J connectivity index is 1.70. The average Bonchev–Trinajstić information content (AvgIpc) is 3.23. The van der Waals surface area contributed by atoms with E-state index in [1.165, 1.54) is 17.3 Å². The predicted octanol–water partition coefficient (Wildman–Crippen LogP) is 8.02. The number of thioether (sulfide) groups is 1. The molecule has 0 atom stereocenters. The van der Waals surface area contributed by atoms with Crippen molar-refractivity contribution in [2.75, 3.05) is 11.1 Å². The highest BCUT2D eigenvalue weighted by Crippen LogP contribution is 2.36. The number of hydrogen-bond acceptors (Lipinski definition) is 4. The minimum atomic E-state index is -0.104. The Morgan fingerprint density at radius 3 is 2.36 bits per heavy atom. The number of carbonyl (C=O) groups excluding carboxylic acids is 1. The third-order valence-corrected chi connectivity index (χ3v) is 7.36. The SMILES string of the molecule is Cc1cc(C)c(NC(=O)CSc2nnc(-c3ccc(Cl)cc3Cl)n2-c2ccccc2C(C)C)c(C)c1. The third kappa shape index (κ3) is 5.61. The number of aryl methyl sites for hydroxylation is 3. The van der Waals surface area contributed by atoms with Gasteiger partial charge in [0.25, 0.3) is 0 Å². The van der Waals surface area contributed by atoms with E-state index in [9.17, 15) is 4.79 Å². The number of anilines is 1. The highest BCUT2D eigenvalue weighted by atomic mass is 35.5. The van der Waals surface area contributed by atoms with Crippen molar-refractivity contribution in [3.8, 4) is 17.1 Å². The summed E-state index contributed by atoms with van der Waals surface area (Å²) in [6, 6.07) is 17.6. The van der Waals surface area contributed by atoms with Gasteiger partial charge in [-0.2, -0.15) is 0 Å². The molecule has 0 radical (unpaired) electrons. The lowest BCUT2D eigenvalue weighted by Crippen LogP contribution is -2.16. The highest BCUT2D eigenvalue weighted by Gasteiger charge is 2.22. The van der Waals surface area contributed by atoms with Crippen LogP contribution in [0.3, 0.4) is 0 Å². The second-order valence-electron chi connectivity index (χ2n) is 9.09. The number of halogens is 2. The van der Waals surface area contributed by atoms with Gasteiger partial charge in [0.2, 0.25) is 5.91 Å². The maximum Gasteiger partial charge on any atom is 0.234 e. The second kappa shape index (κ2) is 11.1. The van der Waals surface area contributed by atoms with Gasteiger partial charge < -0.3 is 5.32 Å². The van der Waals surface area contributed by atoms with E-state index in [0.29, 0.717) is 26.6 Å². The lowest BCUT2D eigenvalue weighted by atomic mass is 10.0. The summed E-state index contributed by atoms with van der Waals surface area (Å²) in [6.45, 7) is 10.3. The van der Waals surface area contributed by atoms with Crippen LogP contribution in [0, 0.1) is 20.8 Å².